The third-order valence-corrected chi connectivity index (χ3v) is 2.90. The van der Waals surface area contributed by atoms with Crippen LogP contribution in [0.25, 0.3) is 0 Å². The minimum atomic E-state index is -0.0635. The summed E-state index contributed by atoms with van der Waals surface area (Å²) in [5.74, 6) is 0.931. The number of aliphatic imine (C=N–C) groups is 1. The van der Waals surface area contributed by atoms with Gasteiger partial charge in [0.1, 0.15) is 0 Å². The summed E-state index contributed by atoms with van der Waals surface area (Å²) in [5, 5.41) is 6.03. The number of hydrogen-bond donors (Lipinski definition) is 3. The number of rotatable bonds is 5. The Morgan fingerprint density at radius 3 is 2.47 bits per heavy atom. The molecule has 0 atom stereocenters. The molecule has 1 rings (SSSR count). The van der Waals surface area contributed by atoms with Gasteiger partial charge in [-0.05, 0) is 40.0 Å². The molecule has 0 aliphatic heterocycles. The highest BCUT2D eigenvalue weighted by Crippen LogP contribution is 2.25. The first kappa shape index (κ1) is 18.5. The summed E-state index contributed by atoms with van der Waals surface area (Å²) in [5.41, 5.74) is 5.67. The number of halogens is 1. The highest BCUT2D eigenvalue weighted by molar-refractivity contribution is 14.0. The molecular weight excluding hydrogens is 355 g/mol. The maximum atomic E-state index is 11.5. The van der Waals surface area contributed by atoms with Crippen molar-refractivity contribution < 1.29 is 4.79 Å². The van der Waals surface area contributed by atoms with Gasteiger partial charge in [0.05, 0.1) is 0 Å². The molecule has 0 aromatic heterocycles. The second kappa shape index (κ2) is 8.60. The minimum Gasteiger partial charge on any atom is -0.370 e. The molecule has 6 heteroatoms. The van der Waals surface area contributed by atoms with Gasteiger partial charge in [0.2, 0.25) is 5.91 Å². The maximum absolute atomic E-state index is 11.5. The van der Waals surface area contributed by atoms with Crippen LogP contribution in [-0.2, 0) is 4.79 Å². The molecule has 112 valence electrons. The molecule has 0 spiro atoms. The summed E-state index contributed by atoms with van der Waals surface area (Å²) in [6.45, 7) is 7.43. The van der Waals surface area contributed by atoms with Crippen LogP contribution in [0.5, 0.6) is 0 Å². The lowest BCUT2D eigenvalue weighted by Crippen LogP contribution is -2.45. The second-order valence-corrected chi connectivity index (χ2v) is 5.91. The lowest BCUT2D eigenvalue weighted by molar-refractivity contribution is -0.127. The van der Waals surface area contributed by atoms with Gasteiger partial charge in [0.15, 0.2) is 5.96 Å². The second-order valence-electron chi connectivity index (χ2n) is 5.91. The first-order valence-corrected chi connectivity index (χ1v) is 6.74. The largest absolute Gasteiger partial charge is 0.370 e. The van der Waals surface area contributed by atoms with Crippen molar-refractivity contribution in [3.05, 3.63) is 0 Å². The van der Waals surface area contributed by atoms with E-state index in [0.29, 0.717) is 19.0 Å². The van der Waals surface area contributed by atoms with E-state index in [2.05, 4.69) is 15.6 Å². The first-order valence-electron chi connectivity index (χ1n) is 6.74. The molecule has 0 bridgehead atoms. The van der Waals surface area contributed by atoms with Gasteiger partial charge < -0.3 is 16.4 Å². The van der Waals surface area contributed by atoms with Crippen LogP contribution in [0.4, 0.5) is 0 Å². The summed E-state index contributed by atoms with van der Waals surface area (Å²) >= 11 is 0. The van der Waals surface area contributed by atoms with E-state index < -0.39 is 0 Å². The van der Waals surface area contributed by atoms with Crippen LogP contribution in [0.15, 0.2) is 4.99 Å². The predicted molar refractivity (Wildman–Crippen MR) is 89.8 cm³/mol. The summed E-state index contributed by atoms with van der Waals surface area (Å²) in [7, 11) is 0. The Kier molecular flexibility index (Phi) is 8.36. The van der Waals surface area contributed by atoms with E-state index in [1.54, 1.807) is 0 Å². The summed E-state index contributed by atoms with van der Waals surface area (Å²) in [4.78, 5) is 15.7. The van der Waals surface area contributed by atoms with E-state index in [1.807, 2.05) is 20.8 Å². The number of carbonyl (C=O) groups is 1. The highest BCUT2D eigenvalue weighted by Gasteiger charge is 2.24. The van der Waals surface area contributed by atoms with Crippen molar-refractivity contribution in [3.63, 3.8) is 0 Å². The van der Waals surface area contributed by atoms with Gasteiger partial charge in [-0.25, -0.2) is 0 Å². The summed E-state index contributed by atoms with van der Waals surface area (Å²) in [6.07, 6.45) is 4.11. The monoisotopic (exact) mass is 382 g/mol. The topological polar surface area (TPSA) is 79.5 Å². The third kappa shape index (κ3) is 8.28. The average Bonchev–Trinajstić information content (AvgIpc) is 2.11. The summed E-state index contributed by atoms with van der Waals surface area (Å²) < 4.78 is 0. The Balaban J connectivity index is 0.00000324. The average molecular weight is 382 g/mol. The number of nitrogens with two attached hydrogens (primary N) is 1. The number of guanidine groups is 1. The maximum Gasteiger partial charge on any atom is 0.223 e. The molecule has 0 unspecified atom stereocenters. The quantitative estimate of drug-likeness (QED) is 0.293. The first-order chi connectivity index (χ1) is 8.38. The minimum absolute atomic E-state index is 0. The molecule has 0 aromatic carbocycles. The van der Waals surface area contributed by atoms with Gasteiger partial charge in [-0.3, -0.25) is 9.79 Å². The van der Waals surface area contributed by atoms with Crippen LogP contribution in [0.2, 0.25) is 0 Å². The van der Waals surface area contributed by atoms with Crippen LogP contribution in [0, 0.1) is 5.92 Å². The van der Waals surface area contributed by atoms with Crippen LogP contribution in [0.1, 0.15) is 46.5 Å². The molecule has 1 amide bonds. The Labute approximate surface area is 133 Å². The Morgan fingerprint density at radius 2 is 2.00 bits per heavy atom. The predicted octanol–water partition coefficient (Wildman–Crippen LogP) is 1.61. The normalized spacial score (nSPS) is 16.3. The molecule has 1 aliphatic carbocycles. The van der Waals surface area contributed by atoms with Gasteiger partial charge in [-0.1, -0.05) is 6.42 Å². The molecular formula is C13H27IN4O. The van der Waals surface area contributed by atoms with Crippen LogP contribution in [0.3, 0.4) is 0 Å². The smallest absolute Gasteiger partial charge is 0.223 e. The van der Waals surface area contributed by atoms with E-state index in [9.17, 15) is 4.79 Å². The fourth-order valence-corrected chi connectivity index (χ4v) is 1.73. The van der Waals surface area contributed by atoms with Gasteiger partial charge in [-0.2, -0.15) is 0 Å². The zero-order valence-electron chi connectivity index (χ0n) is 12.2. The highest BCUT2D eigenvalue weighted by atomic mass is 127. The van der Waals surface area contributed by atoms with E-state index >= 15 is 0 Å². The zero-order chi connectivity index (χ0) is 13.6. The molecule has 1 fully saturated rings. The molecule has 1 saturated carbocycles. The van der Waals surface area contributed by atoms with Crippen molar-refractivity contribution in [2.45, 2.75) is 52.0 Å². The molecule has 5 nitrogen and oxygen atoms in total. The van der Waals surface area contributed by atoms with E-state index in [0.717, 1.165) is 19.3 Å². The molecule has 0 saturated heterocycles. The fourth-order valence-electron chi connectivity index (χ4n) is 1.73. The van der Waals surface area contributed by atoms with Crippen LogP contribution < -0.4 is 16.4 Å². The van der Waals surface area contributed by atoms with Gasteiger partial charge in [0.25, 0.3) is 0 Å². The molecule has 1 aliphatic rings. The fraction of sp³-hybridized carbons (Fsp3) is 0.846. The van der Waals surface area contributed by atoms with E-state index in [-0.39, 0.29) is 41.3 Å². The molecule has 0 aromatic rings. The van der Waals surface area contributed by atoms with Crippen LogP contribution >= 0.6 is 24.0 Å². The third-order valence-electron chi connectivity index (χ3n) is 2.90. The zero-order valence-corrected chi connectivity index (χ0v) is 14.5. The van der Waals surface area contributed by atoms with Crippen molar-refractivity contribution in [3.8, 4) is 0 Å². The molecule has 0 heterocycles. The Morgan fingerprint density at radius 1 is 1.37 bits per heavy atom. The number of amides is 1. The Hall–Kier alpha value is -0.530. The van der Waals surface area contributed by atoms with Crippen molar-refractivity contribution in [1.82, 2.24) is 10.6 Å². The van der Waals surface area contributed by atoms with Crippen molar-refractivity contribution in [1.29, 1.82) is 0 Å². The van der Waals surface area contributed by atoms with Crippen molar-refractivity contribution in [2.75, 3.05) is 13.1 Å². The van der Waals surface area contributed by atoms with Gasteiger partial charge in [0, 0.05) is 24.5 Å². The van der Waals surface area contributed by atoms with E-state index in [4.69, 9.17) is 5.73 Å². The summed E-state index contributed by atoms with van der Waals surface area (Å²) in [6, 6.07) is 0. The lowest BCUT2D eigenvalue weighted by Gasteiger charge is -2.24. The van der Waals surface area contributed by atoms with E-state index in [1.165, 1.54) is 6.42 Å². The number of hydrogen-bond acceptors (Lipinski definition) is 2. The standard InChI is InChI=1S/C13H26N4O.HI/c1-13(2,3)17-12(14)16-9-5-8-15-11(18)10-6-4-7-10;/h10H,4-9H2,1-3H3,(H,15,18)(H3,14,16,17);1H. The number of nitrogens with one attached hydrogen (secondary N) is 2. The van der Waals surface area contributed by atoms with Crippen molar-refractivity contribution >= 4 is 35.8 Å². The number of carbonyl (C=O) groups excluding carboxylic acids is 1. The van der Waals surface area contributed by atoms with Crippen molar-refractivity contribution in [2.24, 2.45) is 16.6 Å². The molecule has 0 radical (unpaired) electrons. The Bertz CT molecular complexity index is 308. The molecule has 4 N–H and O–H groups in total. The van der Waals surface area contributed by atoms with Crippen LogP contribution in [-0.4, -0.2) is 30.5 Å². The number of nitrogens with zero attached hydrogens (tertiary/aromatic N) is 1. The van der Waals surface area contributed by atoms with Gasteiger partial charge >= 0.3 is 0 Å². The van der Waals surface area contributed by atoms with Gasteiger partial charge in [-0.15, -0.1) is 24.0 Å². The SMILES string of the molecule is CC(C)(C)NC(N)=NCCCNC(=O)C1CCC1.I. The molecule has 19 heavy (non-hydrogen) atoms. The lowest BCUT2D eigenvalue weighted by atomic mass is 9.85.